The second-order valence-corrected chi connectivity index (χ2v) is 8.60. The highest BCUT2D eigenvalue weighted by Gasteiger charge is 2.21. The van der Waals surface area contributed by atoms with Gasteiger partial charge in [0.2, 0.25) is 5.78 Å². The molecule has 1 heterocycles. The molecule has 3 N–H and O–H groups in total. The van der Waals surface area contributed by atoms with Crippen LogP contribution >= 0.6 is 23.2 Å². The number of fused-ring (bicyclic) bond motifs is 1. The van der Waals surface area contributed by atoms with E-state index < -0.39 is 17.9 Å². The van der Waals surface area contributed by atoms with Crippen LogP contribution in [-0.2, 0) is 4.79 Å². The summed E-state index contributed by atoms with van der Waals surface area (Å²) in [7, 11) is 0. The summed E-state index contributed by atoms with van der Waals surface area (Å²) in [5.41, 5.74) is 2.08. The van der Waals surface area contributed by atoms with Gasteiger partial charge in [-0.1, -0.05) is 47.5 Å². The Bertz CT molecular complexity index is 1460. The molecule has 4 rings (SSSR count). The van der Waals surface area contributed by atoms with E-state index in [1.807, 2.05) is 0 Å². The highest BCUT2D eigenvalue weighted by Crippen LogP contribution is 2.29. The first kappa shape index (κ1) is 24.2. The van der Waals surface area contributed by atoms with Crippen molar-refractivity contribution >= 4 is 63.1 Å². The molecule has 0 aliphatic heterocycles. The predicted octanol–water partition coefficient (Wildman–Crippen LogP) is 6.60. The maximum absolute atomic E-state index is 13.2. The normalized spacial score (nSPS) is 11.6. The number of carboxylic acid groups (broad SMARTS) is 1. The molecule has 3 aromatic carbocycles. The minimum absolute atomic E-state index is 0.222. The minimum atomic E-state index is -0.970. The van der Waals surface area contributed by atoms with E-state index in [9.17, 15) is 19.5 Å². The number of pyridine rings is 1. The van der Waals surface area contributed by atoms with Crippen molar-refractivity contribution in [1.82, 2.24) is 4.98 Å². The number of carbonyl (C=O) groups is 3. The Morgan fingerprint density at radius 1 is 0.857 bits per heavy atom. The van der Waals surface area contributed by atoms with E-state index in [2.05, 4.69) is 15.6 Å². The van der Waals surface area contributed by atoms with Crippen LogP contribution in [0.5, 0.6) is 0 Å². The van der Waals surface area contributed by atoms with Gasteiger partial charge in [0.25, 0.3) is 0 Å². The maximum Gasteiger partial charge on any atom is 0.323 e. The first-order valence-electron chi connectivity index (χ1n) is 10.5. The Labute approximate surface area is 210 Å². The second-order valence-electron chi connectivity index (χ2n) is 7.78. The third-order valence-electron chi connectivity index (χ3n) is 5.46. The van der Waals surface area contributed by atoms with E-state index in [1.54, 1.807) is 67.6 Å². The number of amides is 2. The topological polar surface area (TPSA) is 108 Å². The van der Waals surface area contributed by atoms with Crippen LogP contribution in [-0.4, -0.2) is 27.9 Å². The molecule has 176 valence electrons. The summed E-state index contributed by atoms with van der Waals surface area (Å²) in [6, 6.07) is 17.7. The van der Waals surface area contributed by atoms with Crippen molar-refractivity contribution in [1.29, 1.82) is 0 Å². The number of carbonyl (C=O) groups excluding carboxylic acids is 2. The molecule has 0 radical (unpaired) electrons. The SMILES string of the molecule is CC(C(=O)O)c1cnc(C(=O)c2ccc(NC(=O)Nc3ccc(Cl)c(Cl)c3)cc2)c2ccccc12. The van der Waals surface area contributed by atoms with E-state index in [0.717, 1.165) is 0 Å². The number of aromatic nitrogens is 1. The Balaban J connectivity index is 1.53. The lowest BCUT2D eigenvalue weighted by molar-refractivity contribution is -0.138. The van der Waals surface area contributed by atoms with Crippen LogP contribution in [0.25, 0.3) is 10.8 Å². The van der Waals surface area contributed by atoms with Gasteiger partial charge in [-0.15, -0.1) is 0 Å². The molecule has 0 spiro atoms. The largest absolute Gasteiger partial charge is 0.481 e. The Morgan fingerprint density at radius 2 is 1.49 bits per heavy atom. The number of halogens is 2. The van der Waals surface area contributed by atoms with E-state index >= 15 is 0 Å². The molecule has 7 nitrogen and oxygen atoms in total. The highest BCUT2D eigenvalue weighted by atomic mass is 35.5. The van der Waals surface area contributed by atoms with Gasteiger partial charge in [-0.05, 0) is 60.3 Å². The maximum atomic E-state index is 13.2. The Morgan fingerprint density at radius 3 is 2.14 bits per heavy atom. The summed E-state index contributed by atoms with van der Waals surface area (Å²) >= 11 is 11.8. The fourth-order valence-electron chi connectivity index (χ4n) is 3.58. The number of hydrogen-bond donors (Lipinski definition) is 3. The lowest BCUT2D eigenvalue weighted by atomic mass is 9.94. The zero-order valence-electron chi connectivity index (χ0n) is 18.4. The smallest absolute Gasteiger partial charge is 0.323 e. The van der Waals surface area contributed by atoms with Crippen molar-refractivity contribution in [2.45, 2.75) is 12.8 Å². The first-order chi connectivity index (χ1) is 16.7. The molecule has 9 heteroatoms. The van der Waals surface area contributed by atoms with Crippen molar-refractivity contribution < 1.29 is 19.5 Å². The number of hydrogen-bond acceptors (Lipinski definition) is 4. The number of benzene rings is 3. The van der Waals surface area contributed by atoms with Gasteiger partial charge in [-0.25, -0.2) is 4.79 Å². The minimum Gasteiger partial charge on any atom is -0.481 e. The molecule has 0 aliphatic rings. The van der Waals surface area contributed by atoms with Gasteiger partial charge >= 0.3 is 12.0 Å². The summed E-state index contributed by atoms with van der Waals surface area (Å²) in [6.07, 6.45) is 1.44. The average molecular weight is 508 g/mol. The van der Waals surface area contributed by atoms with Gasteiger partial charge in [0.05, 0.1) is 16.0 Å². The molecule has 4 aromatic rings. The third-order valence-corrected chi connectivity index (χ3v) is 6.20. The van der Waals surface area contributed by atoms with Crippen molar-refractivity contribution in [3.8, 4) is 0 Å². The molecule has 35 heavy (non-hydrogen) atoms. The number of ketones is 1. The van der Waals surface area contributed by atoms with E-state index in [1.165, 1.54) is 12.3 Å². The van der Waals surface area contributed by atoms with Crippen LogP contribution in [0.3, 0.4) is 0 Å². The number of rotatable bonds is 6. The van der Waals surface area contributed by atoms with Gasteiger partial charge in [0.15, 0.2) is 0 Å². The predicted molar refractivity (Wildman–Crippen MR) is 137 cm³/mol. The van der Waals surface area contributed by atoms with Crippen LogP contribution in [0.2, 0.25) is 10.0 Å². The molecule has 0 aliphatic carbocycles. The number of urea groups is 1. The second kappa shape index (κ2) is 10.1. The number of nitrogens with one attached hydrogen (secondary N) is 2. The molecule has 0 saturated carbocycles. The van der Waals surface area contributed by atoms with Gasteiger partial charge in [0, 0.05) is 28.5 Å². The van der Waals surface area contributed by atoms with Gasteiger partial charge < -0.3 is 15.7 Å². The molecular formula is C26H19Cl2N3O4. The summed E-state index contributed by atoms with van der Waals surface area (Å²) in [6.45, 7) is 1.58. The lowest BCUT2D eigenvalue weighted by Gasteiger charge is -2.13. The van der Waals surface area contributed by atoms with Crippen molar-refractivity contribution in [2.75, 3.05) is 10.6 Å². The van der Waals surface area contributed by atoms with Crippen LogP contribution in [0, 0.1) is 0 Å². The Kier molecular flexibility index (Phi) is 7.00. The molecular weight excluding hydrogens is 489 g/mol. The summed E-state index contributed by atoms with van der Waals surface area (Å²) in [5.74, 6) is -2.05. The molecule has 1 atom stereocenters. The first-order valence-corrected chi connectivity index (χ1v) is 11.3. The van der Waals surface area contributed by atoms with E-state index in [-0.39, 0.29) is 11.5 Å². The number of aliphatic carboxylic acids is 1. The fraction of sp³-hybridized carbons (Fsp3) is 0.0769. The van der Waals surface area contributed by atoms with Crippen molar-refractivity contribution in [3.63, 3.8) is 0 Å². The summed E-state index contributed by atoms with van der Waals surface area (Å²) in [4.78, 5) is 41.3. The van der Waals surface area contributed by atoms with Crippen LogP contribution in [0.15, 0.2) is 72.9 Å². The zero-order valence-corrected chi connectivity index (χ0v) is 19.9. The lowest BCUT2D eigenvalue weighted by Crippen LogP contribution is -2.19. The van der Waals surface area contributed by atoms with Gasteiger partial charge in [0.1, 0.15) is 5.69 Å². The highest BCUT2D eigenvalue weighted by molar-refractivity contribution is 6.42. The summed E-state index contributed by atoms with van der Waals surface area (Å²) in [5, 5.41) is 16.7. The number of anilines is 2. The monoisotopic (exact) mass is 507 g/mol. The van der Waals surface area contributed by atoms with Gasteiger partial charge in [-0.3, -0.25) is 14.6 Å². The molecule has 1 aromatic heterocycles. The molecule has 0 bridgehead atoms. The molecule has 0 saturated heterocycles. The molecule has 0 fully saturated rings. The molecule has 1 unspecified atom stereocenters. The Hall–Kier alpha value is -3.94. The van der Waals surface area contributed by atoms with E-state index in [0.29, 0.717) is 43.3 Å². The van der Waals surface area contributed by atoms with Gasteiger partial charge in [-0.2, -0.15) is 0 Å². The molecule has 2 amide bonds. The van der Waals surface area contributed by atoms with Crippen molar-refractivity contribution in [2.24, 2.45) is 0 Å². The third kappa shape index (κ3) is 5.26. The quantitative estimate of drug-likeness (QED) is 0.254. The standard InChI is InChI=1S/C26H19Cl2N3O4/c1-14(25(33)34)20-13-29-23(19-5-3-2-4-18(19)20)24(32)15-6-8-16(9-7-15)30-26(35)31-17-10-11-21(27)22(28)12-17/h2-14H,1H3,(H,33,34)(H2,30,31,35). The zero-order chi connectivity index (χ0) is 25.1. The van der Waals surface area contributed by atoms with Crippen LogP contribution in [0.4, 0.5) is 16.2 Å². The fourth-order valence-corrected chi connectivity index (χ4v) is 3.88. The van der Waals surface area contributed by atoms with Crippen molar-refractivity contribution in [3.05, 3.63) is 99.8 Å². The number of nitrogens with zero attached hydrogens (tertiary/aromatic N) is 1. The summed E-state index contributed by atoms with van der Waals surface area (Å²) < 4.78 is 0. The average Bonchev–Trinajstić information content (AvgIpc) is 2.85. The van der Waals surface area contributed by atoms with Crippen LogP contribution < -0.4 is 10.6 Å². The van der Waals surface area contributed by atoms with Crippen LogP contribution in [0.1, 0.15) is 34.5 Å². The number of carboxylic acids is 1. The van der Waals surface area contributed by atoms with E-state index in [4.69, 9.17) is 23.2 Å².